The van der Waals surface area contributed by atoms with Crippen LogP contribution in [0.15, 0.2) is 53.0 Å². The Labute approximate surface area is 213 Å². The molecule has 0 unspecified atom stereocenters. The molecular weight excluding hydrogens is 547 g/mol. The molecule has 2 aliphatic carbocycles. The van der Waals surface area contributed by atoms with Crippen LogP contribution in [0.25, 0.3) is 0 Å². The number of hydrogen-bond acceptors (Lipinski definition) is 5. The molecule has 2 aromatic rings. The zero-order valence-corrected chi connectivity index (χ0v) is 20.7. The number of alkyl halides is 2. The molecule has 2 saturated carbocycles. The first-order valence-corrected chi connectivity index (χ1v) is 12.4. The number of nitrogens with one attached hydrogen (secondary N) is 1. The fraction of sp³-hybridized carbons (Fsp3) is 0.333. The Balaban J connectivity index is 1.21. The molecule has 0 radical (unpaired) electrons. The molecule has 10 heteroatoms. The summed E-state index contributed by atoms with van der Waals surface area (Å²) in [5.74, 6) is -2.78. The minimum atomic E-state index is -0.693. The number of fused-ring (bicyclic) bond motifs is 5. The van der Waals surface area contributed by atoms with Crippen molar-refractivity contribution in [2.24, 2.45) is 23.7 Å². The van der Waals surface area contributed by atoms with Gasteiger partial charge in [-0.1, -0.05) is 15.9 Å². The molecule has 2 aromatic carbocycles. The quantitative estimate of drug-likeness (QED) is 0.333. The van der Waals surface area contributed by atoms with Crippen LogP contribution >= 0.6 is 39.1 Å². The third-order valence-corrected chi connectivity index (χ3v) is 8.66. The molecule has 3 amide bonds. The fourth-order valence-electron chi connectivity index (χ4n) is 5.29. The largest absolute Gasteiger partial charge is 0.452 e. The Morgan fingerprint density at radius 3 is 2.06 bits per heavy atom. The Kier molecular flexibility index (Phi) is 6.16. The lowest BCUT2D eigenvalue weighted by Gasteiger charge is -2.28. The molecule has 0 spiro atoms. The number of anilines is 2. The maximum atomic E-state index is 13.1. The molecule has 3 fully saturated rings. The molecule has 0 aromatic heterocycles. The summed E-state index contributed by atoms with van der Waals surface area (Å²) in [7, 11) is 0. The minimum Gasteiger partial charge on any atom is -0.452 e. The van der Waals surface area contributed by atoms with Gasteiger partial charge in [0.1, 0.15) is 0 Å². The van der Waals surface area contributed by atoms with E-state index in [1.807, 2.05) is 0 Å². The second-order valence-electron chi connectivity index (χ2n) is 8.69. The third-order valence-electron chi connectivity index (χ3n) is 6.81. The van der Waals surface area contributed by atoms with E-state index in [0.29, 0.717) is 17.8 Å². The highest BCUT2D eigenvalue weighted by Crippen LogP contribution is 2.59. The van der Waals surface area contributed by atoms with Gasteiger partial charge in [-0.2, -0.15) is 0 Å². The smallest absolute Gasteiger partial charge is 0.338 e. The average molecular weight is 566 g/mol. The SMILES string of the molecule is O=C(COC(=O)c1ccc(N2C(=O)[C@@H]3[C@H]4C[C@@H]([C@H](Cl)[C@H]4Cl)[C@@H]3C2=O)cc1)Nc1ccc(Br)cc1. The molecular formula is C24H19BrCl2N2O5. The number of hydrogen-bond donors (Lipinski definition) is 1. The fourth-order valence-corrected chi connectivity index (χ4v) is 6.45. The molecule has 1 aliphatic heterocycles. The third kappa shape index (κ3) is 3.91. The van der Waals surface area contributed by atoms with Crippen molar-refractivity contribution in [1.82, 2.24) is 0 Å². The van der Waals surface area contributed by atoms with Crippen molar-refractivity contribution >= 4 is 74.2 Å². The van der Waals surface area contributed by atoms with Gasteiger partial charge in [0.2, 0.25) is 11.8 Å². The maximum absolute atomic E-state index is 13.1. The number of halogens is 3. The molecule has 2 bridgehead atoms. The van der Waals surface area contributed by atoms with Crippen molar-refractivity contribution in [3.05, 3.63) is 58.6 Å². The van der Waals surface area contributed by atoms with E-state index in [-0.39, 0.29) is 40.0 Å². The van der Waals surface area contributed by atoms with Gasteiger partial charge in [-0.25, -0.2) is 4.79 Å². The van der Waals surface area contributed by atoms with E-state index < -0.39 is 30.3 Å². The number of esters is 1. The monoisotopic (exact) mass is 564 g/mol. The number of benzene rings is 2. The van der Waals surface area contributed by atoms with Gasteiger partial charge < -0.3 is 10.1 Å². The molecule has 176 valence electrons. The Bertz CT molecular complexity index is 1140. The van der Waals surface area contributed by atoms with E-state index in [1.54, 1.807) is 24.3 Å². The van der Waals surface area contributed by atoms with E-state index in [1.165, 1.54) is 29.2 Å². The highest BCUT2D eigenvalue weighted by atomic mass is 79.9. The van der Waals surface area contributed by atoms with E-state index >= 15 is 0 Å². The first-order chi connectivity index (χ1) is 16.3. The Morgan fingerprint density at radius 2 is 1.50 bits per heavy atom. The molecule has 3 aliphatic rings. The predicted octanol–water partition coefficient (Wildman–Crippen LogP) is 4.21. The molecule has 7 nitrogen and oxygen atoms in total. The summed E-state index contributed by atoms with van der Waals surface area (Å²) in [4.78, 5) is 51.7. The van der Waals surface area contributed by atoms with E-state index in [9.17, 15) is 19.2 Å². The van der Waals surface area contributed by atoms with Crippen molar-refractivity contribution in [3.63, 3.8) is 0 Å². The lowest BCUT2D eigenvalue weighted by Crippen LogP contribution is -2.37. The zero-order chi connectivity index (χ0) is 24.1. The average Bonchev–Trinajstić information content (AvgIpc) is 3.44. The Morgan fingerprint density at radius 1 is 0.941 bits per heavy atom. The standard InChI is InChI=1S/C24H19BrCl2N2O5/c25-12-3-5-13(6-4-12)28-17(30)10-34-24(33)11-1-7-14(8-2-11)29-22(31)18-15-9-16(19(18)23(29)32)21(27)20(15)26/h1-8,15-16,18-21H,9-10H2,(H,28,30)/t15-,16-,18-,19+,20+,21+/m1/s1. The molecule has 34 heavy (non-hydrogen) atoms. The second kappa shape index (κ2) is 8.98. The van der Waals surface area contributed by atoms with Crippen molar-refractivity contribution in [2.75, 3.05) is 16.8 Å². The normalized spacial score (nSPS) is 29.3. The van der Waals surface area contributed by atoms with Gasteiger partial charge in [-0.3, -0.25) is 19.3 Å². The predicted molar refractivity (Wildman–Crippen MR) is 130 cm³/mol. The number of amides is 3. The summed E-state index contributed by atoms with van der Waals surface area (Å²) in [6.45, 7) is -0.453. The highest BCUT2D eigenvalue weighted by molar-refractivity contribution is 9.10. The topological polar surface area (TPSA) is 92.8 Å². The summed E-state index contributed by atoms with van der Waals surface area (Å²) in [5.41, 5.74) is 1.15. The van der Waals surface area contributed by atoms with Gasteiger partial charge in [-0.05, 0) is 66.8 Å². The van der Waals surface area contributed by atoms with Crippen molar-refractivity contribution < 1.29 is 23.9 Å². The van der Waals surface area contributed by atoms with Crippen LogP contribution in [0.2, 0.25) is 0 Å². The van der Waals surface area contributed by atoms with Crippen LogP contribution in [0, 0.1) is 23.7 Å². The number of nitrogens with zero attached hydrogens (tertiary/aromatic N) is 1. The van der Waals surface area contributed by atoms with Crippen LogP contribution in [0.3, 0.4) is 0 Å². The van der Waals surface area contributed by atoms with Crippen molar-refractivity contribution in [3.8, 4) is 0 Å². The van der Waals surface area contributed by atoms with Crippen LogP contribution in [-0.2, 0) is 19.1 Å². The van der Waals surface area contributed by atoms with Gasteiger partial charge >= 0.3 is 5.97 Å². The summed E-state index contributed by atoms with van der Waals surface area (Å²) in [6.07, 6.45) is 0.698. The highest BCUT2D eigenvalue weighted by Gasteiger charge is 2.66. The van der Waals surface area contributed by atoms with Crippen molar-refractivity contribution in [1.29, 1.82) is 0 Å². The summed E-state index contributed by atoms with van der Waals surface area (Å²) in [5, 5.41) is 2.00. The number of carbonyl (C=O) groups is 4. The van der Waals surface area contributed by atoms with E-state index in [2.05, 4.69) is 21.2 Å². The van der Waals surface area contributed by atoms with Crippen LogP contribution in [-0.4, -0.2) is 41.1 Å². The molecule has 5 rings (SSSR count). The first-order valence-electron chi connectivity index (χ1n) is 10.7. The summed E-state index contributed by atoms with van der Waals surface area (Å²) < 4.78 is 5.95. The van der Waals surface area contributed by atoms with Gasteiger partial charge in [0.15, 0.2) is 6.61 Å². The second-order valence-corrected chi connectivity index (χ2v) is 10.6. The van der Waals surface area contributed by atoms with Gasteiger partial charge in [0, 0.05) is 10.2 Å². The minimum absolute atomic E-state index is 0.0987. The van der Waals surface area contributed by atoms with Crippen LogP contribution < -0.4 is 10.2 Å². The van der Waals surface area contributed by atoms with Gasteiger partial charge in [0.25, 0.3) is 5.91 Å². The number of carbonyl (C=O) groups excluding carboxylic acids is 4. The number of ether oxygens (including phenoxy) is 1. The summed E-state index contributed by atoms with van der Waals surface area (Å²) >= 11 is 16.1. The van der Waals surface area contributed by atoms with Crippen LogP contribution in [0.4, 0.5) is 11.4 Å². The molecule has 1 N–H and O–H groups in total. The molecule has 1 heterocycles. The van der Waals surface area contributed by atoms with Crippen LogP contribution in [0.1, 0.15) is 16.8 Å². The molecule has 1 saturated heterocycles. The lowest BCUT2D eigenvalue weighted by molar-refractivity contribution is -0.123. The van der Waals surface area contributed by atoms with E-state index in [0.717, 1.165) is 4.47 Å². The van der Waals surface area contributed by atoms with Gasteiger partial charge in [0.05, 0.1) is 33.8 Å². The maximum Gasteiger partial charge on any atom is 0.338 e. The Hall–Kier alpha value is -2.42. The lowest BCUT2D eigenvalue weighted by atomic mass is 9.80. The summed E-state index contributed by atoms with van der Waals surface area (Å²) in [6, 6.07) is 12.9. The van der Waals surface area contributed by atoms with Crippen LogP contribution in [0.5, 0.6) is 0 Å². The number of imide groups is 1. The number of rotatable bonds is 5. The molecule has 6 atom stereocenters. The van der Waals surface area contributed by atoms with E-state index in [4.69, 9.17) is 27.9 Å². The van der Waals surface area contributed by atoms with Gasteiger partial charge in [-0.15, -0.1) is 23.2 Å². The first kappa shape index (κ1) is 23.3. The zero-order valence-electron chi connectivity index (χ0n) is 17.6. The van der Waals surface area contributed by atoms with Crippen molar-refractivity contribution in [2.45, 2.75) is 17.2 Å².